The normalized spacial score (nSPS) is 9.09. The number of primary amides is 1. The zero-order chi connectivity index (χ0) is 8.27. The van der Waals surface area contributed by atoms with Crippen molar-refractivity contribution in [3.05, 3.63) is 36.2 Å². The van der Waals surface area contributed by atoms with Gasteiger partial charge in [0.25, 0.3) is 5.91 Å². The number of rotatable bonds is 2. The Bertz CT molecular complexity index is 294. The molecule has 0 aromatic carbocycles. The molecule has 0 aliphatic heterocycles. The third-order valence-electron chi connectivity index (χ3n) is 1.30. The van der Waals surface area contributed by atoms with Crippen LogP contribution in [0.2, 0.25) is 0 Å². The molecule has 1 amide bonds. The van der Waals surface area contributed by atoms with E-state index in [0.717, 1.165) is 0 Å². The van der Waals surface area contributed by atoms with Gasteiger partial charge in [0.05, 0.1) is 11.3 Å². The Morgan fingerprint density at radius 2 is 2.45 bits per heavy atom. The lowest BCUT2D eigenvalue weighted by Crippen LogP contribution is -2.12. The molecule has 2 N–H and O–H groups in total. The molecule has 3 heteroatoms. The van der Waals surface area contributed by atoms with Crippen LogP contribution in [0.15, 0.2) is 24.9 Å². The van der Waals surface area contributed by atoms with Gasteiger partial charge in [0.15, 0.2) is 0 Å². The molecule has 11 heavy (non-hydrogen) atoms. The summed E-state index contributed by atoms with van der Waals surface area (Å²) in [6.07, 6.45) is 3.09. The highest BCUT2D eigenvalue weighted by atomic mass is 16.1. The maximum absolute atomic E-state index is 10.7. The number of carbonyl (C=O) groups is 1. The molecular weight excluding hydrogens is 140 g/mol. The van der Waals surface area contributed by atoms with Crippen LogP contribution in [0.1, 0.15) is 16.1 Å². The summed E-state index contributed by atoms with van der Waals surface area (Å²) in [4.78, 5) is 14.6. The van der Waals surface area contributed by atoms with E-state index in [9.17, 15) is 4.79 Å². The van der Waals surface area contributed by atoms with Gasteiger partial charge in [-0.15, -0.1) is 0 Å². The van der Waals surface area contributed by atoms with E-state index in [2.05, 4.69) is 11.6 Å². The van der Waals surface area contributed by atoms with Crippen LogP contribution in [0.5, 0.6) is 0 Å². The summed E-state index contributed by atoms with van der Waals surface area (Å²) in [6.45, 7) is 3.50. The molecule has 1 aromatic rings. The zero-order valence-electron chi connectivity index (χ0n) is 5.95. The fourth-order valence-electron chi connectivity index (χ4n) is 0.789. The molecule has 0 spiro atoms. The Kier molecular flexibility index (Phi) is 2.01. The number of aromatic nitrogens is 1. The molecule has 0 aliphatic rings. The second kappa shape index (κ2) is 2.96. The summed E-state index contributed by atoms with van der Waals surface area (Å²) in [6, 6.07) is 3.28. The Morgan fingerprint density at radius 1 is 1.73 bits per heavy atom. The maximum atomic E-state index is 10.7. The van der Waals surface area contributed by atoms with Crippen LogP contribution in [-0.2, 0) is 0 Å². The first-order valence-electron chi connectivity index (χ1n) is 3.13. The second-order valence-electron chi connectivity index (χ2n) is 2.00. The molecule has 0 saturated heterocycles. The van der Waals surface area contributed by atoms with E-state index in [-0.39, 0.29) is 0 Å². The predicted molar refractivity (Wildman–Crippen MR) is 42.8 cm³/mol. The molecular formula is C8H8N2O. The van der Waals surface area contributed by atoms with Gasteiger partial charge in [-0.2, -0.15) is 0 Å². The fraction of sp³-hybridized carbons (Fsp3) is 0. The summed E-state index contributed by atoms with van der Waals surface area (Å²) in [5.74, 6) is -0.479. The quantitative estimate of drug-likeness (QED) is 0.675. The second-order valence-corrected chi connectivity index (χ2v) is 2.00. The highest BCUT2D eigenvalue weighted by Crippen LogP contribution is 2.04. The predicted octanol–water partition coefficient (Wildman–Crippen LogP) is 0.824. The smallest absolute Gasteiger partial charge is 0.250 e. The Balaban J connectivity index is 3.22. The summed E-state index contributed by atoms with van der Waals surface area (Å²) in [7, 11) is 0. The Morgan fingerprint density at radius 3 is 2.91 bits per heavy atom. The van der Waals surface area contributed by atoms with Crippen molar-refractivity contribution >= 4 is 12.0 Å². The number of amides is 1. The molecule has 0 fully saturated rings. The summed E-state index contributed by atoms with van der Waals surface area (Å²) >= 11 is 0. The Hall–Kier alpha value is -1.64. The molecule has 3 nitrogen and oxygen atoms in total. The van der Waals surface area contributed by atoms with Crippen molar-refractivity contribution in [3.8, 4) is 0 Å². The van der Waals surface area contributed by atoms with E-state index < -0.39 is 5.91 Å². The number of hydrogen-bond donors (Lipinski definition) is 1. The van der Waals surface area contributed by atoms with E-state index >= 15 is 0 Å². The average molecular weight is 148 g/mol. The van der Waals surface area contributed by atoms with Gasteiger partial charge >= 0.3 is 0 Å². The molecule has 0 bridgehead atoms. The standard InChI is InChI=1S/C8H8N2O/c1-2-7-6(8(9)11)4-3-5-10-7/h2-5H,1H2,(H2,9,11). The average Bonchev–Trinajstić information content (AvgIpc) is 2.04. The van der Waals surface area contributed by atoms with Gasteiger partial charge < -0.3 is 5.73 Å². The van der Waals surface area contributed by atoms with Gasteiger partial charge in [-0.1, -0.05) is 6.58 Å². The number of carbonyl (C=O) groups excluding carboxylic acids is 1. The molecule has 0 atom stereocenters. The molecule has 0 aliphatic carbocycles. The minimum absolute atomic E-state index is 0.405. The third kappa shape index (κ3) is 1.43. The van der Waals surface area contributed by atoms with Crippen LogP contribution in [0, 0.1) is 0 Å². The minimum atomic E-state index is -0.479. The number of nitrogens with two attached hydrogens (primary N) is 1. The first kappa shape index (κ1) is 7.47. The monoisotopic (exact) mass is 148 g/mol. The lowest BCUT2D eigenvalue weighted by molar-refractivity contribution is 0.1000. The van der Waals surface area contributed by atoms with Crippen molar-refractivity contribution in [2.24, 2.45) is 5.73 Å². The first-order chi connectivity index (χ1) is 5.25. The zero-order valence-corrected chi connectivity index (χ0v) is 5.95. The van der Waals surface area contributed by atoms with Crippen molar-refractivity contribution in [2.45, 2.75) is 0 Å². The van der Waals surface area contributed by atoms with Crippen LogP contribution < -0.4 is 5.73 Å². The molecule has 0 saturated carbocycles. The van der Waals surface area contributed by atoms with Gasteiger partial charge in [0, 0.05) is 6.20 Å². The van der Waals surface area contributed by atoms with Gasteiger partial charge in [0.1, 0.15) is 0 Å². The molecule has 56 valence electrons. The van der Waals surface area contributed by atoms with Crippen LogP contribution in [0.4, 0.5) is 0 Å². The van der Waals surface area contributed by atoms with E-state index in [1.54, 1.807) is 18.3 Å². The summed E-state index contributed by atoms with van der Waals surface area (Å²) < 4.78 is 0. The molecule has 1 heterocycles. The van der Waals surface area contributed by atoms with Crippen LogP contribution in [0.25, 0.3) is 6.08 Å². The topological polar surface area (TPSA) is 56.0 Å². The van der Waals surface area contributed by atoms with Crippen molar-refractivity contribution in [2.75, 3.05) is 0 Å². The summed E-state index contributed by atoms with van der Waals surface area (Å²) in [5.41, 5.74) is 6.00. The lowest BCUT2D eigenvalue weighted by atomic mass is 10.2. The molecule has 1 rings (SSSR count). The largest absolute Gasteiger partial charge is 0.366 e. The lowest BCUT2D eigenvalue weighted by Gasteiger charge is -1.97. The van der Waals surface area contributed by atoms with Crippen molar-refractivity contribution in [3.63, 3.8) is 0 Å². The Labute approximate surface area is 64.6 Å². The van der Waals surface area contributed by atoms with Crippen molar-refractivity contribution in [1.82, 2.24) is 4.98 Å². The number of nitrogens with zero attached hydrogens (tertiary/aromatic N) is 1. The highest BCUT2D eigenvalue weighted by molar-refractivity contribution is 5.95. The van der Waals surface area contributed by atoms with Crippen LogP contribution in [0.3, 0.4) is 0 Å². The van der Waals surface area contributed by atoms with E-state index in [4.69, 9.17) is 5.73 Å². The SMILES string of the molecule is C=Cc1ncccc1C(N)=O. The fourth-order valence-corrected chi connectivity index (χ4v) is 0.789. The van der Waals surface area contributed by atoms with Crippen molar-refractivity contribution in [1.29, 1.82) is 0 Å². The van der Waals surface area contributed by atoms with E-state index in [1.165, 1.54) is 6.08 Å². The van der Waals surface area contributed by atoms with E-state index in [0.29, 0.717) is 11.3 Å². The van der Waals surface area contributed by atoms with Crippen LogP contribution >= 0.6 is 0 Å². The van der Waals surface area contributed by atoms with Crippen molar-refractivity contribution < 1.29 is 4.79 Å². The third-order valence-corrected chi connectivity index (χ3v) is 1.30. The first-order valence-corrected chi connectivity index (χ1v) is 3.13. The van der Waals surface area contributed by atoms with E-state index in [1.807, 2.05) is 0 Å². The highest BCUT2D eigenvalue weighted by Gasteiger charge is 2.03. The van der Waals surface area contributed by atoms with Gasteiger partial charge in [-0.05, 0) is 18.2 Å². The van der Waals surface area contributed by atoms with Gasteiger partial charge in [-0.25, -0.2) is 0 Å². The summed E-state index contributed by atoms with van der Waals surface area (Å²) in [5, 5.41) is 0. The molecule has 0 radical (unpaired) electrons. The molecule has 1 aromatic heterocycles. The molecule has 0 unspecified atom stereocenters. The maximum Gasteiger partial charge on any atom is 0.250 e. The van der Waals surface area contributed by atoms with Gasteiger partial charge in [0.2, 0.25) is 0 Å². The van der Waals surface area contributed by atoms with Crippen LogP contribution in [-0.4, -0.2) is 10.9 Å². The minimum Gasteiger partial charge on any atom is -0.366 e. The van der Waals surface area contributed by atoms with Gasteiger partial charge in [-0.3, -0.25) is 9.78 Å². The number of pyridine rings is 1. The number of hydrogen-bond acceptors (Lipinski definition) is 2.